The highest BCUT2D eigenvalue weighted by atomic mass is 19.3. The molecule has 6 heteroatoms. The molecule has 1 unspecified atom stereocenters. The van der Waals surface area contributed by atoms with Crippen molar-refractivity contribution >= 4 is 5.91 Å². The monoisotopic (exact) mass is 374 g/mol. The van der Waals surface area contributed by atoms with Gasteiger partial charge in [0.15, 0.2) is 0 Å². The fourth-order valence-corrected chi connectivity index (χ4v) is 3.48. The zero-order valence-electron chi connectivity index (χ0n) is 15.4. The van der Waals surface area contributed by atoms with Crippen LogP contribution in [0.5, 0.6) is 5.75 Å². The van der Waals surface area contributed by atoms with Crippen LogP contribution in [0.1, 0.15) is 30.0 Å². The molecule has 0 spiro atoms. The van der Waals surface area contributed by atoms with Gasteiger partial charge in [-0.15, -0.1) is 0 Å². The van der Waals surface area contributed by atoms with Crippen LogP contribution in [0.2, 0.25) is 0 Å². The van der Waals surface area contributed by atoms with E-state index in [2.05, 4.69) is 9.64 Å². The molecule has 0 radical (unpaired) electrons. The Balaban J connectivity index is 1.71. The van der Waals surface area contributed by atoms with Crippen molar-refractivity contribution in [3.8, 4) is 5.75 Å². The van der Waals surface area contributed by atoms with Gasteiger partial charge in [-0.2, -0.15) is 8.78 Å². The quantitative estimate of drug-likeness (QED) is 0.732. The molecule has 1 aliphatic heterocycles. The molecule has 1 amide bonds. The molecule has 2 aromatic carbocycles. The third kappa shape index (κ3) is 5.04. The van der Waals surface area contributed by atoms with Gasteiger partial charge < -0.3 is 9.64 Å². The lowest BCUT2D eigenvalue weighted by Crippen LogP contribution is -2.40. The summed E-state index contributed by atoms with van der Waals surface area (Å²) >= 11 is 0. The molecule has 0 aliphatic carbocycles. The van der Waals surface area contributed by atoms with Crippen LogP contribution < -0.4 is 4.74 Å². The van der Waals surface area contributed by atoms with Gasteiger partial charge in [0.1, 0.15) is 11.8 Å². The average Bonchev–Trinajstić information content (AvgIpc) is 3.18. The van der Waals surface area contributed by atoms with E-state index in [1.54, 1.807) is 24.1 Å². The Hall–Kier alpha value is -2.47. The molecule has 4 nitrogen and oxygen atoms in total. The lowest BCUT2D eigenvalue weighted by atomic mass is 10.0. The number of likely N-dealkylation sites (tertiary alicyclic amines) is 1. The summed E-state index contributed by atoms with van der Waals surface area (Å²) in [7, 11) is 1.78. The highest BCUT2D eigenvalue weighted by molar-refractivity contribution is 5.83. The Kier molecular flexibility index (Phi) is 6.40. The van der Waals surface area contributed by atoms with Crippen LogP contribution in [0.4, 0.5) is 8.78 Å². The van der Waals surface area contributed by atoms with Crippen molar-refractivity contribution in [1.29, 1.82) is 0 Å². The number of nitrogens with zero attached hydrogens (tertiary/aromatic N) is 2. The van der Waals surface area contributed by atoms with E-state index >= 15 is 0 Å². The summed E-state index contributed by atoms with van der Waals surface area (Å²) in [6.07, 6.45) is 2.21. The molecule has 1 heterocycles. The normalized spacial score (nSPS) is 15.7. The number of ether oxygens (including phenoxy) is 1. The van der Waals surface area contributed by atoms with E-state index in [1.807, 2.05) is 30.3 Å². The second-order valence-corrected chi connectivity index (χ2v) is 6.77. The maximum Gasteiger partial charge on any atom is 0.387 e. The Morgan fingerprint density at radius 1 is 1.07 bits per heavy atom. The molecular formula is C21H24F2N2O2. The maximum atomic E-state index is 13.2. The van der Waals surface area contributed by atoms with Crippen LogP contribution in [0.25, 0.3) is 0 Å². The van der Waals surface area contributed by atoms with Gasteiger partial charge in [0, 0.05) is 13.6 Å². The maximum absolute atomic E-state index is 13.2. The van der Waals surface area contributed by atoms with Crippen LogP contribution in [0, 0.1) is 0 Å². The number of halogens is 2. The summed E-state index contributed by atoms with van der Waals surface area (Å²) in [5.41, 5.74) is 1.86. The van der Waals surface area contributed by atoms with Crippen LogP contribution in [0.3, 0.4) is 0 Å². The standard InChI is InChI=1S/C21H24F2N2O2/c1-24(15-16-9-11-18(12-10-16)27-21(22)23)20(26)19(25-13-5-6-14-25)17-7-3-2-4-8-17/h2-4,7-12,19,21H,5-6,13-15H2,1H3. The second-order valence-electron chi connectivity index (χ2n) is 6.77. The average molecular weight is 374 g/mol. The van der Waals surface area contributed by atoms with E-state index in [9.17, 15) is 13.6 Å². The van der Waals surface area contributed by atoms with Gasteiger partial charge >= 0.3 is 6.61 Å². The summed E-state index contributed by atoms with van der Waals surface area (Å²) in [5, 5.41) is 0. The summed E-state index contributed by atoms with van der Waals surface area (Å²) in [5.74, 6) is 0.151. The molecule has 0 bridgehead atoms. The third-order valence-electron chi connectivity index (χ3n) is 4.80. The minimum absolute atomic E-state index is 0.0380. The van der Waals surface area contributed by atoms with Gasteiger partial charge in [-0.05, 0) is 49.2 Å². The number of carbonyl (C=O) groups excluding carboxylic acids is 1. The number of amides is 1. The Morgan fingerprint density at radius 3 is 2.30 bits per heavy atom. The number of hydrogen-bond donors (Lipinski definition) is 0. The van der Waals surface area contributed by atoms with E-state index in [1.165, 1.54) is 12.1 Å². The van der Waals surface area contributed by atoms with Gasteiger partial charge in [-0.1, -0.05) is 42.5 Å². The number of likely N-dealkylation sites (N-methyl/N-ethyl adjacent to an activating group) is 1. The number of alkyl halides is 2. The highest BCUT2D eigenvalue weighted by Gasteiger charge is 2.31. The lowest BCUT2D eigenvalue weighted by Gasteiger charge is -2.31. The molecule has 1 atom stereocenters. The number of carbonyl (C=O) groups is 1. The molecular weight excluding hydrogens is 350 g/mol. The minimum Gasteiger partial charge on any atom is -0.435 e. The highest BCUT2D eigenvalue weighted by Crippen LogP contribution is 2.27. The second kappa shape index (κ2) is 8.95. The van der Waals surface area contributed by atoms with Crippen molar-refractivity contribution in [3.63, 3.8) is 0 Å². The van der Waals surface area contributed by atoms with E-state index in [0.29, 0.717) is 6.54 Å². The zero-order valence-corrected chi connectivity index (χ0v) is 15.4. The van der Waals surface area contributed by atoms with Crippen molar-refractivity contribution in [2.45, 2.75) is 32.0 Å². The van der Waals surface area contributed by atoms with Crippen LogP contribution in [-0.4, -0.2) is 42.5 Å². The number of hydrogen-bond acceptors (Lipinski definition) is 3. The van der Waals surface area contributed by atoms with Crippen LogP contribution in [0.15, 0.2) is 54.6 Å². The molecule has 0 N–H and O–H groups in total. The molecule has 0 aromatic heterocycles. The molecule has 2 aromatic rings. The summed E-state index contributed by atoms with van der Waals surface area (Å²) in [6.45, 7) is -0.602. The summed E-state index contributed by atoms with van der Waals surface area (Å²) < 4.78 is 28.9. The van der Waals surface area contributed by atoms with Crippen LogP contribution in [-0.2, 0) is 11.3 Å². The molecule has 0 saturated carbocycles. The first kappa shape index (κ1) is 19.3. The summed E-state index contributed by atoms with van der Waals surface area (Å²) in [6, 6.07) is 15.9. The number of rotatable bonds is 7. The van der Waals surface area contributed by atoms with Gasteiger partial charge in [0.25, 0.3) is 0 Å². The molecule has 144 valence electrons. The van der Waals surface area contributed by atoms with Gasteiger partial charge in [0.05, 0.1) is 0 Å². The Labute approximate surface area is 158 Å². The molecule has 27 heavy (non-hydrogen) atoms. The van der Waals surface area contributed by atoms with E-state index in [0.717, 1.165) is 37.1 Å². The fourth-order valence-electron chi connectivity index (χ4n) is 3.48. The van der Waals surface area contributed by atoms with Gasteiger partial charge in [-0.3, -0.25) is 9.69 Å². The van der Waals surface area contributed by atoms with E-state index in [-0.39, 0.29) is 17.7 Å². The largest absolute Gasteiger partial charge is 0.435 e. The molecule has 1 saturated heterocycles. The summed E-state index contributed by atoms with van der Waals surface area (Å²) in [4.78, 5) is 17.1. The smallest absolute Gasteiger partial charge is 0.387 e. The Morgan fingerprint density at radius 2 is 1.70 bits per heavy atom. The first-order valence-corrected chi connectivity index (χ1v) is 9.12. The predicted octanol–water partition coefficient (Wildman–Crippen LogP) is 4.08. The zero-order chi connectivity index (χ0) is 19.2. The molecule has 1 aliphatic rings. The van der Waals surface area contributed by atoms with Crippen molar-refractivity contribution < 1.29 is 18.3 Å². The van der Waals surface area contributed by atoms with E-state index in [4.69, 9.17) is 0 Å². The van der Waals surface area contributed by atoms with Crippen molar-refractivity contribution in [1.82, 2.24) is 9.80 Å². The topological polar surface area (TPSA) is 32.8 Å². The van der Waals surface area contributed by atoms with Crippen molar-refractivity contribution in [2.24, 2.45) is 0 Å². The first-order valence-electron chi connectivity index (χ1n) is 9.12. The SMILES string of the molecule is CN(Cc1ccc(OC(F)F)cc1)C(=O)C(c1ccccc1)N1CCCC1. The van der Waals surface area contributed by atoms with Gasteiger partial charge in [-0.25, -0.2) is 0 Å². The van der Waals surface area contributed by atoms with Gasteiger partial charge in [0.2, 0.25) is 5.91 Å². The first-order chi connectivity index (χ1) is 13.0. The molecule has 1 fully saturated rings. The lowest BCUT2D eigenvalue weighted by molar-refractivity contribution is -0.136. The van der Waals surface area contributed by atoms with E-state index < -0.39 is 6.61 Å². The van der Waals surface area contributed by atoms with Crippen molar-refractivity contribution in [3.05, 3.63) is 65.7 Å². The number of benzene rings is 2. The predicted molar refractivity (Wildman–Crippen MR) is 99.5 cm³/mol. The Bertz CT molecular complexity index is 732. The minimum atomic E-state index is -2.84. The fraction of sp³-hybridized carbons (Fsp3) is 0.381. The van der Waals surface area contributed by atoms with Crippen molar-refractivity contribution in [2.75, 3.05) is 20.1 Å². The molecule has 3 rings (SSSR count). The third-order valence-corrected chi connectivity index (χ3v) is 4.80. The van der Waals surface area contributed by atoms with Crippen LogP contribution >= 0.6 is 0 Å².